The molecule has 1 heterocycles. The lowest BCUT2D eigenvalue weighted by Crippen LogP contribution is -2.27. The number of amides is 1. The summed E-state index contributed by atoms with van der Waals surface area (Å²) in [5, 5.41) is 3.59. The number of carbonyl (C=O) groups is 1. The number of benzene rings is 2. The highest BCUT2D eigenvalue weighted by molar-refractivity contribution is 6.31. The fourth-order valence-electron chi connectivity index (χ4n) is 2.22. The topological polar surface area (TPSA) is 55.1 Å². The number of aromatic nitrogens is 1. The van der Waals surface area contributed by atoms with Gasteiger partial charge in [-0.05, 0) is 42.8 Å². The van der Waals surface area contributed by atoms with Gasteiger partial charge in [-0.25, -0.2) is 4.98 Å². The van der Waals surface area contributed by atoms with E-state index in [0.29, 0.717) is 22.0 Å². The van der Waals surface area contributed by atoms with Crippen LogP contribution in [0.15, 0.2) is 40.8 Å². The normalized spacial score (nSPS) is 11.7. The lowest BCUT2D eigenvalue weighted by Gasteiger charge is -2.19. The Hall–Kier alpha value is -2.33. The zero-order valence-electron chi connectivity index (χ0n) is 14.1. The lowest BCUT2D eigenvalue weighted by molar-refractivity contribution is -0.123. The molecular formula is C19H19ClN2O2. The van der Waals surface area contributed by atoms with Crippen LogP contribution in [-0.2, 0) is 4.79 Å². The Morgan fingerprint density at radius 2 is 1.92 bits per heavy atom. The van der Waals surface area contributed by atoms with E-state index in [9.17, 15) is 4.79 Å². The van der Waals surface area contributed by atoms with E-state index in [2.05, 4.69) is 10.3 Å². The molecule has 24 heavy (non-hydrogen) atoms. The molecule has 3 aromatic rings. The van der Waals surface area contributed by atoms with Gasteiger partial charge in [-0.1, -0.05) is 38.4 Å². The van der Waals surface area contributed by atoms with Gasteiger partial charge >= 0.3 is 0 Å². The Balaban J connectivity index is 1.99. The van der Waals surface area contributed by atoms with Gasteiger partial charge in [0.2, 0.25) is 11.8 Å². The first kappa shape index (κ1) is 16.5. The number of aryl methyl sites for hydroxylation is 1. The number of oxazole rings is 1. The quantitative estimate of drug-likeness (QED) is 0.674. The first-order valence-corrected chi connectivity index (χ1v) is 8.10. The Kier molecular flexibility index (Phi) is 4.10. The molecule has 0 unspecified atom stereocenters. The Labute approximate surface area is 145 Å². The first-order valence-electron chi connectivity index (χ1n) is 7.72. The molecule has 0 aliphatic carbocycles. The summed E-state index contributed by atoms with van der Waals surface area (Å²) in [4.78, 5) is 16.7. The smallest absolute Gasteiger partial charge is 0.229 e. The molecule has 4 nitrogen and oxygen atoms in total. The minimum absolute atomic E-state index is 0.0351. The third-order valence-corrected chi connectivity index (χ3v) is 4.00. The third-order valence-electron chi connectivity index (χ3n) is 3.76. The second-order valence-corrected chi connectivity index (χ2v) is 7.30. The van der Waals surface area contributed by atoms with Gasteiger partial charge in [0.25, 0.3) is 0 Å². The molecule has 1 amide bonds. The summed E-state index contributed by atoms with van der Waals surface area (Å²) in [7, 11) is 0. The van der Waals surface area contributed by atoms with Crippen LogP contribution in [0.2, 0.25) is 5.02 Å². The average molecular weight is 343 g/mol. The summed E-state index contributed by atoms with van der Waals surface area (Å²) in [6.07, 6.45) is 0. The number of hydrogen-bond donors (Lipinski definition) is 1. The zero-order valence-corrected chi connectivity index (χ0v) is 14.9. The van der Waals surface area contributed by atoms with Crippen LogP contribution < -0.4 is 5.32 Å². The molecule has 5 heteroatoms. The number of fused-ring (bicyclic) bond motifs is 1. The van der Waals surface area contributed by atoms with Gasteiger partial charge in [0, 0.05) is 21.7 Å². The maximum absolute atomic E-state index is 12.2. The highest BCUT2D eigenvalue weighted by Gasteiger charge is 2.22. The van der Waals surface area contributed by atoms with Crippen LogP contribution in [0.3, 0.4) is 0 Å². The number of nitrogens with zero attached hydrogens (tertiary/aromatic N) is 1. The van der Waals surface area contributed by atoms with Gasteiger partial charge in [-0.2, -0.15) is 0 Å². The van der Waals surface area contributed by atoms with Gasteiger partial charge in [-0.15, -0.1) is 0 Å². The summed E-state index contributed by atoms with van der Waals surface area (Å²) in [5.41, 5.74) is 3.46. The summed E-state index contributed by atoms with van der Waals surface area (Å²) >= 11 is 5.99. The summed E-state index contributed by atoms with van der Waals surface area (Å²) in [6, 6.07) is 11.1. The molecule has 1 aromatic heterocycles. The van der Waals surface area contributed by atoms with Crippen LogP contribution in [0.4, 0.5) is 5.69 Å². The second-order valence-electron chi connectivity index (χ2n) is 6.86. The molecule has 1 N–H and O–H groups in total. The molecule has 0 fully saturated rings. The van der Waals surface area contributed by atoms with Crippen LogP contribution in [0.5, 0.6) is 0 Å². The monoisotopic (exact) mass is 342 g/mol. The Morgan fingerprint density at radius 1 is 1.17 bits per heavy atom. The molecule has 0 saturated carbocycles. The molecule has 124 valence electrons. The lowest BCUT2D eigenvalue weighted by atomic mass is 9.95. The standard InChI is InChI=1S/C19H19ClN2O2/c1-11-5-6-12(9-14(11)22-18(23)19(2,3)4)17-21-15-10-13(20)7-8-16(15)24-17/h5-10H,1-4H3,(H,22,23). The summed E-state index contributed by atoms with van der Waals surface area (Å²) < 4.78 is 5.79. The molecular weight excluding hydrogens is 324 g/mol. The van der Waals surface area contributed by atoms with E-state index in [1.807, 2.05) is 45.9 Å². The van der Waals surface area contributed by atoms with E-state index in [4.69, 9.17) is 16.0 Å². The van der Waals surface area contributed by atoms with Crippen LogP contribution in [-0.4, -0.2) is 10.9 Å². The van der Waals surface area contributed by atoms with Crippen molar-refractivity contribution in [2.45, 2.75) is 27.7 Å². The largest absolute Gasteiger partial charge is 0.436 e. The van der Waals surface area contributed by atoms with Crippen LogP contribution in [0, 0.1) is 12.3 Å². The number of hydrogen-bond acceptors (Lipinski definition) is 3. The van der Waals surface area contributed by atoms with Crippen molar-refractivity contribution >= 4 is 34.3 Å². The molecule has 0 aliphatic heterocycles. The molecule has 2 aromatic carbocycles. The number of rotatable bonds is 2. The van der Waals surface area contributed by atoms with Gasteiger partial charge in [0.1, 0.15) is 5.52 Å². The molecule has 0 radical (unpaired) electrons. The van der Waals surface area contributed by atoms with Crippen molar-refractivity contribution in [2.75, 3.05) is 5.32 Å². The van der Waals surface area contributed by atoms with Gasteiger partial charge in [0.05, 0.1) is 0 Å². The van der Waals surface area contributed by atoms with Gasteiger partial charge in [-0.3, -0.25) is 4.79 Å². The Bertz CT molecular complexity index is 923. The van der Waals surface area contributed by atoms with E-state index < -0.39 is 5.41 Å². The SMILES string of the molecule is Cc1ccc(-c2nc3cc(Cl)ccc3o2)cc1NC(=O)C(C)(C)C. The van der Waals surface area contributed by atoms with Crippen molar-refractivity contribution in [2.24, 2.45) is 5.41 Å². The van der Waals surface area contributed by atoms with Crippen LogP contribution >= 0.6 is 11.6 Å². The number of nitrogens with one attached hydrogen (secondary N) is 1. The number of carbonyl (C=O) groups excluding carboxylic acids is 1. The maximum atomic E-state index is 12.2. The zero-order chi connectivity index (χ0) is 17.5. The van der Waals surface area contributed by atoms with Crippen molar-refractivity contribution < 1.29 is 9.21 Å². The van der Waals surface area contributed by atoms with Crippen LogP contribution in [0.25, 0.3) is 22.6 Å². The molecule has 0 spiro atoms. The van der Waals surface area contributed by atoms with E-state index in [1.165, 1.54) is 0 Å². The average Bonchev–Trinajstić information content (AvgIpc) is 2.91. The minimum atomic E-state index is -0.462. The predicted octanol–water partition coefficient (Wildman–Crippen LogP) is 5.44. The fourth-order valence-corrected chi connectivity index (χ4v) is 2.39. The maximum Gasteiger partial charge on any atom is 0.229 e. The van der Waals surface area contributed by atoms with E-state index in [0.717, 1.165) is 16.8 Å². The van der Waals surface area contributed by atoms with E-state index in [1.54, 1.807) is 18.2 Å². The number of anilines is 1. The third kappa shape index (κ3) is 3.29. The highest BCUT2D eigenvalue weighted by atomic mass is 35.5. The molecule has 0 bridgehead atoms. The van der Waals surface area contributed by atoms with Crippen LogP contribution in [0.1, 0.15) is 26.3 Å². The first-order chi connectivity index (χ1) is 11.2. The molecule has 0 saturated heterocycles. The molecule has 3 rings (SSSR count). The predicted molar refractivity (Wildman–Crippen MR) is 97.3 cm³/mol. The second kappa shape index (κ2) is 5.95. The number of halogens is 1. The fraction of sp³-hybridized carbons (Fsp3) is 0.263. The van der Waals surface area contributed by atoms with E-state index in [-0.39, 0.29) is 5.91 Å². The van der Waals surface area contributed by atoms with Crippen molar-refractivity contribution in [3.05, 3.63) is 47.0 Å². The van der Waals surface area contributed by atoms with Crippen molar-refractivity contribution in [1.29, 1.82) is 0 Å². The summed E-state index contributed by atoms with van der Waals surface area (Å²) in [6.45, 7) is 7.60. The van der Waals surface area contributed by atoms with E-state index >= 15 is 0 Å². The van der Waals surface area contributed by atoms with Gasteiger partial charge in [0.15, 0.2) is 5.58 Å². The summed E-state index contributed by atoms with van der Waals surface area (Å²) in [5.74, 6) is 0.464. The Morgan fingerprint density at radius 3 is 2.62 bits per heavy atom. The minimum Gasteiger partial charge on any atom is -0.436 e. The van der Waals surface area contributed by atoms with Crippen molar-refractivity contribution in [1.82, 2.24) is 4.98 Å². The van der Waals surface area contributed by atoms with Crippen molar-refractivity contribution in [3.8, 4) is 11.5 Å². The highest BCUT2D eigenvalue weighted by Crippen LogP contribution is 2.29. The molecule has 0 aliphatic rings. The van der Waals surface area contributed by atoms with Gasteiger partial charge < -0.3 is 9.73 Å². The van der Waals surface area contributed by atoms with Crippen molar-refractivity contribution in [3.63, 3.8) is 0 Å². The molecule has 0 atom stereocenters.